The minimum Gasteiger partial charge on any atom is -0.480 e. The van der Waals surface area contributed by atoms with Gasteiger partial charge in [-0.1, -0.05) is 0 Å². The van der Waals surface area contributed by atoms with Crippen LogP contribution in [0, 0.1) is 0 Å². The smallest absolute Gasteiger partial charge is 0.326 e. The fourth-order valence-corrected chi connectivity index (χ4v) is 1.55. The van der Waals surface area contributed by atoms with E-state index in [-0.39, 0.29) is 12.8 Å². The summed E-state index contributed by atoms with van der Waals surface area (Å²) in [6.07, 6.45) is 4.19. The molecular weight excluding hydrogens is 278 g/mol. The van der Waals surface area contributed by atoms with Gasteiger partial charge in [-0.25, -0.2) is 4.79 Å². The van der Waals surface area contributed by atoms with Crippen molar-refractivity contribution in [3.63, 3.8) is 0 Å². The number of esters is 1. The molecule has 0 aliphatic rings. The number of carbonyl (C=O) groups is 3. The highest BCUT2D eigenvalue weighted by atomic mass is 16.5. The molecule has 0 saturated heterocycles. The first-order valence-corrected chi connectivity index (χ1v) is 6.20. The van der Waals surface area contributed by atoms with Gasteiger partial charge >= 0.3 is 11.9 Å². The number of carboxylic acid groups (broad SMARTS) is 1. The molecule has 8 nitrogen and oxygen atoms in total. The first-order chi connectivity index (χ1) is 9.93. The van der Waals surface area contributed by atoms with E-state index in [2.05, 4.69) is 15.2 Å². The van der Waals surface area contributed by atoms with E-state index >= 15 is 0 Å². The zero-order valence-electron chi connectivity index (χ0n) is 11.8. The monoisotopic (exact) mass is 295 g/mol. The number of hydrogen-bond acceptors (Lipinski definition) is 5. The van der Waals surface area contributed by atoms with Crippen LogP contribution in [0.5, 0.6) is 0 Å². The predicted molar refractivity (Wildman–Crippen MR) is 73.1 cm³/mol. The van der Waals surface area contributed by atoms with Crippen LogP contribution in [-0.2, 0) is 26.2 Å². The molecule has 0 radical (unpaired) electrons. The summed E-state index contributed by atoms with van der Waals surface area (Å²) >= 11 is 0. The third-order valence-electron chi connectivity index (χ3n) is 2.74. The lowest BCUT2D eigenvalue weighted by Crippen LogP contribution is -2.40. The highest BCUT2D eigenvalue weighted by Gasteiger charge is 2.20. The summed E-state index contributed by atoms with van der Waals surface area (Å²) in [6, 6.07) is 0.559. The van der Waals surface area contributed by atoms with Gasteiger partial charge in [0.1, 0.15) is 6.04 Å². The number of rotatable bonds is 7. The Hall–Kier alpha value is -2.64. The summed E-state index contributed by atoms with van der Waals surface area (Å²) in [4.78, 5) is 33.7. The molecule has 0 aliphatic carbocycles. The molecule has 1 aromatic heterocycles. The molecule has 0 saturated carbocycles. The number of aliphatic carboxylic acids is 1. The predicted octanol–water partition coefficient (Wildman–Crippen LogP) is -0.0441. The van der Waals surface area contributed by atoms with Crippen LogP contribution in [-0.4, -0.2) is 45.9 Å². The number of ether oxygens (including phenoxy) is 1. The van der Waals surface area contributed by atoms with Crippen molar-refractivity contribution in [1.29, 1.82) is 0 Å². The van der Waals surface area contributed by atoms with Gasteiger partial charge in [0.2, 0.25) is 5.91 Å². The second kappa shape index (κ2) is 7.83. The Morgan fingerprint density at radius 3 is 2.76 bits per heavy atom. The number of carboxylic acids is 1. The topological polar surface area (TPSA) is 111 Å². The fraction of sp³-hybridized carbons (Fsp3) is 0.385. The maximum absolute atomic E-state index is 11.7. The molecule has 114 valence electrons. The molecule has 1 heterocycles. The molecule has 1 rings (SSSR count). The van der Waals surface area contributed by atoms with Crippen molar-refractivity contribution in [2.75, 3.05) is 7.11 Å². The van der Waals surface area contributed by atoms with Gasteiger partial charge in [-0.05, 0) is 18.6 Å². The van der Waals surface area contributed by atoms with E-state index in [0.29, 0.717) is 5.69 Å². The molecule has 0 aromatic carbocycles. The highest BCUT2D eigenvalue weighted by Crippen LogP contribution is 2.02. The van der Waals surface area contributed by atoms with E-state index in [1.165, 1.54) is 19.3 Å². The minimum atomic E-state index is -1.21. The van der Waals surface area contributed by atoms with Crippen molar-refractivity contribution in [3.8, 4) is 0 Å². The second-order valence-electron chi connectivity index (χ2n) is 4.23. The number of carbonyl (C=O) groups excluding carboxylic acids is 2. The number of amides is 1. The summed E-state index contributed by atoms with van der Waals surface area (Å²) in [5, 5.41) is 15.2. The maximum Gasteiger partial charge on any atom is 0.326 e. The van der Waals surface area contributed by atoms with Crippen LogP contribution < -0.4 is 5.32 Å². The van der Waals surface area contributed by atoms with Crippen molar-refractivity contribution < 1.29 is 24.2 Å². The SMILES string of the molecule is COC(=O)CC[C@H](NC(=O)/C=C/c1ccnn1C)C(=O)O. The van der Waals surface area contributed by atoms with Crippen LogP contribution in [0.3, 0.4) is 0 Å². The van der Waals surface area contributed by atoms with Crippen LogP contribution in [0.4, 0.5) is 0 Å². The molecule has 0 unspecified atom stereocenters. The van der Waals surface area contributed by atoms with E-state index in [1.54, 1.807) is 24.0 Å². The van der Waals surface area contributed by atoms with Crippen molar-refractivity contribution >= 4 is 23.9 Å². The first kappa shape index (κ1) is 16.4. The molecule has 0 spiro atoms. The molecule has 21 heavy (non-hydrogen) atoms. The van der Waals surface area contributed by atoms with E-state index in [9.17, 15) is 14.4 Å². The number of nitrogens with zero attached hydrogens (tertiary/aromatic N) is 2. The Balaban J connectivity index is 2.56. The largest absolute Gasteiger partial charge is 0.480 e. The van der Waals surface area contributed by atoms with Gasteiger partial charge in [-0.2, -0.15) is 5.10 Å². The fourth-order valence-electron chi connectivity index (χ4n) is 1.55. The minimum absolute atomic E-state index is 0.0344. The molecule has 2 N–H and O–H groups in total. The van der Waals surface area contributed by atoms with Crippen molar-refractivity contribution in [2.24, 2.45) is 7.05 Å². The van der Waals surface area contributed by atoms with Gasteiger partial charge < -0.3 is 15.2 Å². The van der Waals surface area contributed by atoms with E-state index in [4.69, 9.17) is 5.11 Å². The number of aromatic nitrogens is 2. The van der Waals surface area contributed by atoms with E-state index in [0.717, 1.165) is 0 Å². The third-order valence-corrected chi connectivity index (χ3v) is 2.74. The Morgan fingerprint density at radius 1 is 1.52 bits per heavy atom. The van der Waals surface area contributed by atoms with Crippen LogP contribution in [0.1, 0.15) is 18.5 Å². The Bertz CT molecular complexity index is 550. The number of nitrogens with one attached hydrogen (secondary N) is 1. The standard InChI is InChI=1S/C13H17N3O5/c1-16-9(7-8-14-16)3-5-11(17)15-10(13(19)20)4-6-12(18)21-2/h3,5,7-8,10H,4,6H2,1-2H3,(H,15,17)(H,19,20)/b5-3+/t10-/m0/s1. The Morgan fingerprint density at radius 2 is 2.24 bits per heavy atom. The van der Waals surface area contributed by atoms with Gasteiger partial charge in [0, 0.05) is 25.7 Å². The zero-order chi connectivity index (χ0) is 15.8. The summed E-state index contributed by atoms with van der Waals surface area (Å²) in [6.45, 7) is 0. The summed E-state index contributed by atoms with van der Waals surface area (Å²) in [7, 11) is 2.93. The molecule has 1 aromatic rings. The molecule has 1 atom stereocenters. The van der Waals surface area contributed by atoms with Gasteiger partial charge in [0.15, 0.2) is 0 Å². The maximum atomic E-state index is 11.7. The van der Waals surface area contributed by atoms with Gasteiger partial charge in [-0.3, -0.25) is 14.3 Å². The van der Waals surface area contributed by atoms with Gasteiger partial charge in [0.05, 0.1) is 12.8 Å². The summed E-state index contributed by atoms with van der Waals surface area (Å²) in [5.41, 5.74) is 0.701. The number of hydrogen-bond donors (Lipinski definition) is 2. The highest BCUT2D eigenvalue weighted by molar-refractivity contribution is 5.94. The Labute approximate surface area is 121 Å². The lowest BCUT2D eigenvalue weighted by Gasteiger charge is -2.12. The van der Waals surface area contributed by atoms with Crippen LogP contribution in [0.15, 0.2) is 18.3 Å². The summed E-state index contributed by atoms with van der Waals surface area (Å²) < 4.78 is 5.99. The van der Waals surface area contributed by atoms with E-state index < -0.39 is 23.9 Å². The molecule has 0 aliphatic heterocycles. The van der Waals surface area contributed by atoms with Gasteiger partial charge in [0.25, 0.3) is 0 Å². The first-order valence-electron chi connectivity index (χ1n) is 6.20. The van der Waals surface area contributed by atoms with Gasteiger partial charge in [-0.15, -0.1) is 0 Å². The zero-order valence-corrected chi connectivity index (χ0v) is 11.8. The number of aryl methyl sites for hydroxylation is 1. The normalized spacial score (nSPS) is 12.1. The third kappa shape index (κ3) is 5.47. The molecule has 8 heteroatoms. The number of methoxy groups -OCH3 is 1. The van der Waals surface area contributed by atoms with E-state index in [1.807, 2.05) is 0 Å². The molecule has 1 amide bonds. The molecule has 0 bridgehead atoms. The molecule has 0 fully saturated rings. The van der Waals surface area contributed by atoms with Crippen molar-refractivity contribution in [3.05, 3.63) is 24.0 Å². The van der Waals surface area contributed by atoms with Crippen LogP contribution >= 0.6 is 0 Å². The van der Waals surface area contributed by atoms with Crippen molar-refractivity contribution in [2.45, 2.75) is 18.9 Å². The summed E-state index contributed by atoms with van der Waals surface area (Å²) in [5.74, 6) is -2.30. The quantitative estimate of drug-likeness (QED) is 0.539. The van der Waals surface area contributed by atoms with Crippen LogP contribution in [0.25, 0.3) is 6.08 Å². The second-order valence-corrected chi connectivity index (χ2v) is 4.23. The lowest BCUT2D eigenvalue weighted by atomic mass is 10.1. The average molecular weight is 295 g/mol. The molecular formula is C13H17N3O5. The van der Waals surface area contributed by atoms with Crippen molar-refractivity contribution in [1.82, 2.24) is 15.1 Å². The lowest BCUT2D eigenvalue weighted by molar-refractivity contribution is -0.143. The average Bonchev–Trinajstić information content (AvgIpc) is 2.85. The van der Waals surface area contributed by atoms with Crippen LogP contribution in [0.2, 0.25) is 0 Å². The Kier molecular flexibility index (Phi) is 6.12.